The van der Waals surface area contributed by atoms with Gasteiger partial charge in [0.15, 0.2) is 0 Å². The summed E-state index contributed by atoms with van der Waals surface area (Å²) in [7, 11) is 0. The van der Waals surface area contributed by atoms with E-state index in [1.165, 1.54) is 62.0 Å². The van der Waals surface area contributed by atoms with E-state index in [1.54, 1.807) is 12.1 Å². The van der Waals surface area contributed by atoms with Gasteiger partial charge >= 0.3 is 11.9 Å². The maximum absolute atomic E-state index is 13.1. The first-order valence-corrected chi connectivity index (χ1v) is 16.6. The summed E-state index contributed by atoms with van der Waals surface area (Å²) in [6, 6.07) is 7.27. The highest BCUT2D eigenvalue weighted by atomic mass is 32.2. The van der Waals surface area contributed by atoms with Gasteiger partial charge in [-0.15, -0.1) is 0 Å². The van der Waals surface area contributed by atoms with Crippen LogP contribution in [0.2, 0.25) is 0 Å². The van der Waals surface area contributed by atoms with Crippen LogP contribution in [0.4, 0.5) is 0 Å². The fourth-order valence-electron chi connectivity index (χ4n) is 6.05. The molecule has 2 saturated carbocycles. The zero-order chi connectivity index (χ0) is 28.5. The Bertz CT molecular complexity index is 1090. The molecule has 1 heterocycles. The summed E-state index contributed by atoms with van der Waals surface area (Å²) in [5, 5.41) is 18.9. The molecule has 0 N–H and O–H groups in total. The Morgan fingerprint density at radius 3 is 1.50 bits per heavy atom. The monoisotopic (exact) mass is 580 g/mol. The Balaban J connectivity index is 1.46. The molecule has 0 bridgehead atoms. The van der Waals surface area contributed by atoms with Crippen molar-refractivity contribution in [3.63, 3.8) is 0 Å². The van der Waals surface area contributed by atoms with Crippen molar-refractivity contribution in [2.45, 2.75) is 114 Å². The number of hydrogen-bond acceptors (Lipinski definition) is 8. The second-order valence-electron chi connectivity index (χ2n) is 11.4. The molecule has 1 aliphatic heterocycles. The standard InChI is InChI=1S/C32H40N2O4S2/c1-3-5-7-21-9-13-23(14-10-21)30(35)37-26-17-18-27(29-28(26)39-32(40-29)25(19-33)20-34)38-31(36)24-15-11-22(12-16-24)8-6-4-2/h17-18,21-24H,3-16H2,1-2H3. The van der Waals surface area contributed by atoms with Crippen LogP contribution >= 0.6 is 23.5 Å². The normalized spacial score (nSPS) is 23.9. The van der Waals surface area contributed by atoms with Crippen molar-refractivity contribution in [2.75, 3.05) is 0 Å². The predicted octanol–water partition coefficient (Wildman–Crippen LogP) is 8.95. The Hall–Kier alpha value is -2.42. The SMILES string of the molecule is CCCCC1CCC(C(=O)Oc2ccc(OC(=O)C3CCC(CCCC)CC3)c3c2SC(=C(C#N)C#N)S3)CC1. The molecule has 0 amide bonds. The molecule has 0 spiro atoms. The molecule has 2 aliphatic carbocycles. The van der Waals surface area contributed by atoms with Gasteiger partial charge in [0.1, 0.15) is 29.2 Å². The van der Waals surface area contributed by atoms with Gasteiger partial charge in [0.25, 0.3) is 0 Å². The second-order valence-corrected chi connectivity index (χ2v) is 13.7. The molecule has 0 atom stereocenters. The highest BCUT2D eigenvalue weighted by Gasteiger charge is 2.34. The number of carbonyl (C=O) groups is 2. The maximum atomic E-state index is 13.1. The molecule has 0 unspecified atom stereocenters. The number of unbranched alkanes of at least 4 members (excludes halogenated alkanes) is 2. The minimum Gasteiger partial charge on any atom is -0.425 e. The zero-order valence-corrected chi connectivity index (χ0v) is 25.3. The van der Waals surface area contributed by atoms with Crippen LogP contribution in [-0.4, -0.2) is 11.9 Å². The quantitative estimate of drug-likeness (QED) is 0.154. The number of allylic oxidation sites excluding steroid dienone is 1. The summed E-state index contributed by atoms with van der Waals surface area (Å²) in [6.07, 6.45) is 14.9. The Morgan fingerprint density at radius 2 is 1.15 bits per heavy atom. The van der Waals surface area contributed by atoms with Crippen molar-refractivity contribution in [3.05, 3.63) is 21.9 Å². The van der Waals surface area contributed by atoms with Gasteiger partial charge in [-0.1, -0.05) is 75.9 Å². The van der Waals surface area contributed by atoms with E-state index in [0.717, 1.165) is 51.4 Å². The van der Waals surface area contributed by atoms with Crippen LogP contribution in [-0.2, 0) is 9.59 Å². The van der Waals surface area contributed by atoms with Crippen molar-refractivity contribution < 1.29 is 19.1 Å². The molecule has 6 nitrogen and oxygen atoms in total. The third-order valence-electron chi connectivity index (χ3n) is 8.57. The van der Waals surface area contributed by atoms with Gasteiger partial charge in [-0.2, -0.15) is 10.5 Å². The molecule has 3 aliphatic rings. The van der Waals surface area contributed by atoms with Gasteiger partial charge < -0.3 is 9.47 Å². The van der Waals surface area contributed by atoms with Gasteiger partial charge in [0.2, 0.25) is 0 Å². The van der Waals surface area contributed by atoms with Gasteiger partial charge in [-0.05, 0) is 75.3 Å². The first kappa shape index (κ1) is 30.5. The number of nitriles is 2. The number of benzene rings is 1. The summed E-state index contributed by atoms with van der Waals surface area (Å²) in [4.78, 5) is 27.5. The van der Waals surface area contributed by atoms with Crippen LogP contribution in [0, 0.1) is 46.3 Å². The molecule has 0 radical (unpaired) electrons. The number of thioether (sulfide) groups is 2. The molecule has 4 rings (SSSR count). The van der Waals surface area contributed by atoms with E-state index in [9.17, 15) is 20.1 Å². The fraction of sp³-hybridized carbons (Fsp3) is 0.625. The number of hydrogen-bond donors (Lipinski definition) is 0. The topological polar surface area (TPSA) is 100 Å². The van der Waals surface area contributed by atoms with E-state index in [1.807, 2.05) is 12.1 Å². The zero-order valence-electron chi connectivity index (χ0n) is 23.7. The van der Waals surface area contributed by atoms with Crippen molar-refractivity contribution in [1.29, 1.82) is 10.5 Å². The molecule has 1 aromatic carbocycles. The first-order valence-electron chi connectivity index (χ1n) is 15.0. The van der Waals surface area contributed by atoms with Gasteiger partial charge in [-0.3, -0.25) is 9.59 Å². The lowest BCUT2D eigenvalue weighted by Gasteiger charge is -2.27. The molecular weight excluding hydrogens is 540 g/mol. The van der Waals surface area contributed by atoms with Crippen molar-refractivity contribution in [2.24, 2.45) is 23.7 Å². The minimum atomic E-state index is -0.232. The molecule has 8 heteroatoms. The van der Waals surface area contributed by atoms with E-state index < -0.39 is 0 Å². The van der Waals surface area contributed by atoms with E-state index in [0.29, 0.717) is 37.4 Å². The van der Waals surface area contributed by atoms with Crippen LogP contribution in [0.15, 0.2) is 31.7 Å². The van der Waals surface area contributed by atoms with E-state index in [-0.39, 0.29) is 29.3 Å². The smallest absolute Gasteiger partial charge is 0.314 e. The average Bonchev–Trinajstić information content (AvgIpc) is 3.43. The highest BCUT2D eigenvalue weighted by Crippen LogP contribution is 2.59. The number of rotatable bonds is 10. The first-order chi connectivity index (χ1) is 19.5. The maximum Gasteiger partial charge on any atom is 0.314 e. The van der Waals surface area contributed by atoms with E-state index >= 15 is 0 Å². The number of esters is 2. The minimum absolute atomic E-state index is 0.00319. The summed E-state index contributed by atoms with van der Waals surface area (Å²) in [5.41, 5.74) is -0.00319. The van der Waals surface area contributed by atoms with E-state index in [2.05, 4.69) is 13.8 Å². The second kappa shape index (κ2) is 15.0. The Labute approximate surface area is 247 Å². The highest BCUT2D eigenvalue weighted by molar-refractivity contribution is 8.24. The summed E-state index contributed by atoms with van der Waals surface area (Å²) >= 11 is 2.46. The molecule has 40 heavy (non-hydrogen) atoms. The number of fused-ring (bicyclic) bond motifs is 1. The lowest BCUT2D eigenvalue weighted by Crippen LogP contribution is -2.26. The van der Waals surface area contributed by atoms with Crippen LogP contribution in [0.5, 0.6) is 11.5 Å². The van der Waals surface area contributed by atoms with Gasteiger partial charge in [0, 0.05) is 0 Å². The molecule has 1 aromatic rings. The summed E-state index contributed by atoms with van der Waals surface area (Å²) < 4.78 is 12.4. The van der Waals surface area contributed by atoms with E-state index in [4.69, 9.17) is 9.47 Å². The third-order valence-corrected chi connectivity index (χ3v) is 11.2. The number of carbonyl (C=O) groups excluding carboxylic acids is 2. The van der Waals surface area contributed by atoms with Crippen LogP contribution < -0.4 is 9.47 Å². The molecular formula is C32H40N2O4S2. The van der Waals surface area contributed by atoms with Crippen molar-refractivity contribution >= 4 is 35.5 Å². The largest absolute Gasteiger partial charge is 0.425 e. The van der Waals surface area contributed by atoms with Crippen LogP contribution in [0.3, 0.4) is 0 Å². The molecule has 214 valence electrons. The number of ether oxygens (including phenoxy) is 2. The Morgan fingerprint density at radius 1 is 0.750 bits per heavy atom. The summed E-state index contributed by atoms with van der Waals surface area (Å²) in [5.74, 6) is 1.48. The molecule has 0 aromatic heterocycles. The fourth-order valence-corrected chi connectivity index (χ4v) is 8.53. The van der Waals surface area contributed by atoms with Gasteiger partial charge in [-0.25, -0.2) is 0 Å². The van der Waals surface area contributed by atoms with Crippen LogP contribution in [0.1, 0.15) is 104 Å². The lowest BCUT2D eigenvalue weighted by molar-refractivity contribution is -0.141. The summed E-state index contributed by atoms with van der Waals surface area (Å²) in [6.45, 7) is 4.42. The Kier molecular flexibility index (Phi) is 11.4. The van der Waals surface area contributed by atoms with Gasteiger partial charge in [0.05, 0.1) is 25.9 Å². The van der Waals surface area contributed by atoms with Crippen molar-refractivity contribution in [3.8, 4) is 23.6 Å². The van der Waals surface area contributed by atoms with Crippen molar-refractivity contribution in [1.82, 2.24) is 0 Å². The molecule has 0 saturated heterocycles. The van der Waals surface area contributed by atoms with Crippen LogP contribution in [0.25, 0.3) is 0 Å². The third kappa shape index (κ3) is 7.65. The molecule has 2 fully saturated rings. The predicted molar refractivity (Wildman–Crippen MR) is 158 cm³/mol. The lowest BCUT2D eigenvalue weighted by atomic mass is 9.80. The average molecular weight is 581 g/mol. The number of nitrogens with zero attached hydrogens (tertiary/aromatic N) is 2.